The van der Waals surface area contributed by atoms with Crippen molar-refractivity contribution in [2.75, 3.05) is 6.54 Å². The first kappa shape index (κ1) is 13.9. The van der Waals surface area contributed by atoms with Crippen molar-refractivity contribution in [2.45, 2.75) is 45.6 Å². The molecule has 2 aromatic rings. The van der Waals surface area contributed by atoms with Crippen LogP contribution in [0.1, 0.15) is 59.6 Å². The van der Waals surface area contributed by atoms with Crippen LogP contribution in [-0.4, -0.2) is 27.5 Å². The third-order valence-corrected chi connectivity index (χ3v) is 3.94. The van der Waals surface area contributed by atoms with Gasteiger partial charge in [0.25, 0.3) is 5.91 Å². The van der Waals surface area contributed by atoms with Crippen LogP contribution in [0, 0.1) is 13.8 Å². The maximum atomic E-state index is 12.8. The van der Waals surface area contributed by atoms with E-state index in [9.17, 15) is 4.79 Å². The molecule has 1 saturated heterocycles. The summed E-state index contributed by atoms with van der Waals surface area (Å²) in [4.78, 5) is 19.0. The number of aromatic nitrogens is 2. The van der Waals surface area contributed by atoms with Gasteiger partial charge in [-0.3, -0.25) is 4.79 Å². The molecule has 6 nitrogen and oxygen atoms in total. The normalized spacial score (nSPS) is 19.5. The molecule has 3 heterocycles. The van der Waals surface area contributed by atoms with E-state index in [0.717, 1.165) is 25.7 Å². The summed E-state index contributed by atoms with van der Waals surface area (Å²) in [6.07, 6.45) is 5.58. The molecule has 1 unspecified atom stereocenters. The van der Waals surface area contributed by atoms with Gasteiger partial charge in [0.05, 0.1) is 17.9 Å². The Morgan fingerprint density at radius 1 is 1.33 bits per heavy atom. The van der Waals surface area contributed by atoms with Gasteiger partial charge >= 0.3 is 0 Å². The monoisotopic (exact) mass is 289 g/mol. The van der Waals surface area contributed by atoms with Crippen molar-refractivity contribution in [2.24, 2.45) is 0 Å². The summed E-state index contributed by atoms with van der Waals surface area (Å²) in [5, 5.41) is 4.01. The predicted molar refractivity (Wildman–Crippen MR) is 74.7 cm³/mol. The first-order valence-corrected chi connectivity index (χ1v) is 7.32. The lowest BCUT2D eigenvalue weighted by Gasteiger charge is -2.27. The number of likely N-dealkylation sites (tertiary alicyclic amines) is 1. The smallest absolute Gasteiger partial charge is 0.258 e. The number of amides is 1. The van der Waals surface area contributed by atoms with Crippen LogP contribution >= 0.6 is 0 Å². The van der Waals surface area contributed by atoms with Crippen LogP contribution in [0.5, 0.6) is 0 Å². The highest BCUT2D eigenvalue weighted by atomic mass is 16.5. The average Bonchev–Trinajstić information content (AvgIpc) is 3.00. The van der Waals surface area contributed by atoms with E-state index in [-0.39, 0.29) is 11.9 Å². The fraction of sp³-hybridized carbons (Fsp3) is 0.533. The van der Waals surface area contributed by atoms with Crippen LogP contribution in [0.3, 0.4) is 0 Å². The molecule has 21 heavy (non-hydrogen) atoms. The van der Waals surface area contributed by atoms with Crippen LogP contribution in [0.15, 0.2) is 21.3 Å². The minimum atomic E-state index is -0.119. The minimum absolute atomic E-state index is 0.0180. The Bertz CT molecular complexity index is 632. The first-order valence-electron chi connectivity index (χ1n) is 7.32. The lowest BCUT2D eigenvalue weighted by atomic mass is 10.1. The number of hydrogen-bond donors (Lipinski definition) is 0. The molecule has 1 amide bonds. The molecule has 6 heteroatoms. The standard InChI is InChI=1S/C15H19N3O3/c1-10-12(7-9-20-10)15(19)18-8-5-3-4-6-13(18)14-16-11(2)21-17-14/h7,9,13H,3-6,8H2,1-2H3. The zero-order chi connectivity index (χ0) is 14.8. The lowest BCUT2D eigenvalue weighted by Crippen LogP contribution is -2.35. The van der Waals surface area contributed by atoms with Crippen molar-refractivity contribution in [1.29, 1.82) is 0 Å². The highest BCUT2D eigenvalue weighted by Crippen LogP contribution is 2.30. The van der Waals surface area contributed by atoms with Crippen molar-refractivity contribution in [1.82, 2.24) is 15.0 Å². The molecule has 0 saturated carbocycles. The van der Waals surface area contributed by atoms with E-state index in [0.29, 0.717) is 29.6 Å². The molecule has 3 rings (SSSR count). The van der Waals surface area contributed by atoms with Crippen LogP contribution in [0.2, 0.25) is 0 Å². The largest absolute Gasteiger partial charge is 0.469 e. The predicted octanol–water partition coefficient (Wildman–Crippen LogP) is 3.04. The number of nitrogens with zero attached hydrogens (tertiary/aromatic N) is 3. The Kier molecular flexibility index (Phi) is 3.77. The molecule has 0 N–H and O–H groups in total. The third-order valence-electron chi connectivity index (χ3n) is 3.94. The summed E-state index contributed by atoms with van der Waals surface area (Å²) in [6, 6.07) is 1.60. The van der Waals surface area contributed by atoms with Crippen LogP contribution < -0.4 is 0 Å². The molecule has 1 atom stereocenters. The Hall–Kier alpha value is -2.11. The lowest BCUT2D eigenvalue weighted by molar-refractivity contribution is 0.0668. The fourth-order valence-electron chi connectivity index (χ4n) is 2.83. The zero-order valence-electron chi connectivity index (χ0n) is 12.3. The van der Waals surface area contributed by atoms with Gasteiger partial charge in [-0.25, -0.2) is 0 Å². The van der Waals surface area contributed by atoms with Crippen molar-refractivity contribution in [3.63, 3.8) is 0 Å². The maximum absolute atomic E-state index is 12.8. The second-order valence-electron chi connectivity index (χ2n) is 5.43. The van der Waals surface area contributed by atoms with Crippen molar-refractivity contribution in [3.8, 4) is 0 Å². The van der Waals surface area contributed by atoms with E-state index < -0.39 is 0 Å². The van der Waals surface area contributed by atoms with E-state index in [1.165, 1.54) is 0 Å². The summed E-state index contributed by atoms with van der Waals surface area (Å²) in [5.74, 6) is 1.76. The quantitative estimate of drug-likeness (QED) is 0.849. The van der Waals surface area contributed by atoms with Crippen molar-refractivity contribution in [3.05, 3.63) is 35.4 Å². The number of aryl methyl sites for hydroxylation is 2. The Morgan fingerprint density at radius 2 is 2.19 bits per heavy atom. The van der Waals surface area contributed by atoms with Crippen LogP contribution in [0.4, 0.5) is 0 Å². The molecule has 0 radical (unpaired) electrons. The third kappa shape index (κ3) is 2.70. The highest BCUT2D eigenvalue weighted by molar-refractivity contribution is 5.95. The van der Waals surface area contributed by atoms with E-state index in [1.54, 1.807) is 26.2 Å². The summed E-state index contributed by atoms with van der Waals surface area (Å²) in [6.45, 7) is 4.28. The second kappa shape index (κ2) is 5.71. The van der Waals surface area contributed by atoms with E-state index in [2.05, 4.69) is 10.1 Å². The molecule has 0 aliphatic carbocycles. The SMILES string of the molecule is Cc1nc(C2CCCCCN2C(=O)c2ccoc2C)no1. The molecular weight excluding hydrogens is 270 g/mol. The molecule has 2 aromatic heterocycles. The number of carbonyl (C=O) groups is 1. The van der Waals surface area contributed by atoms with Crippen molar-refractivity contribution >= 4 is 5.91 Å². The number of furan rings is 1. The van der Waals surface area contributed by atoms with Crippen molar-refractivity contribution < 1.29 is 13.7 Å². The Labute approximate surface area is 123 Å². The van der Waals surface area contributed by atoms with Crippen LogP contribution in [-0.2, 0) is 0 Å². The second-order valence-corrected chi connectivity index (χ2v) is 5.43. The van der Waals surface area contributed by atoms with Gasteiger partial charge in [0.2, 0.25) is 5.89 Å². The van der Waals surface area contributed by atoms with Gasteiger partial charge in [0.1, 0.15) is 5.76 Å². The summed E-state index contributed by atoms with van der Waals surface area (Å²) < 4.78 is 10.3. The first-order chi connectivity index (χ1) is 10.2. The number of carbonyl (C=O) groups excluding carboxylic acids is 1. The average molecular weight is 289 g/mol. The topological polar surface area (TPSA) is 72.4 Å². The van der Waals surface area contributed by atoms with Gasteiger partial charge < -0.3 is 13.8 Å². The molecule has 0 spiro atoms. The Balaban J connectivity index is 1.92. The molecule has 0 bridgehead atoms. The van der Waals surface area contributed by atoms with Gasteiger partial charge in [0.15, 0.2) is 5.82 Å². The molecular formula is C15H19N3O3. The molecule has 112 valence electrons. The maximum Gasteiger partial charge on any atom is 0.258 e. The minimum Gasteiger partial charge on any atom is -0.469 e. The molecule has 1 aliphatic rings. The van der Waals surface area contributed by atoms with E-state index in [4.69, 9.17) is 8.94 Å². The summed E-state index contributed by atoms with van der Waals surface area (Å²) in [5.41, 5.74) is 0.613. The highest BCUT2D eigenvalue weighted by Gasteiger charge is 2.31. The zero-order valence-corrected chi connectivity index (χ0v) is 12.3. The number of rotatable bonds is 2. The van der Waals surface area contributed by atoms with Gasteiger partial charge in [0, 0.05) is 13.5 Å². The number of hydrogen-bond acceptors (Lipinski definition) is 5. The van der Waals surface area contributed by atoms with Gasteiger partial charge in [-0.2, -0.15) is 4.98 Å². The van der Waals surface area contributed by atoms with Gasteiger partial charge in [-0.1, -0.05) is 18.0 Å². The fourth-order valence-corrected chi connectivity index (χ4v) is 2.83. The molecule has 1 fully saturated rings. The molecule has 1 aliphatic heterocycles. The van der Waals surface area contributed by atoms with Crippen LogP contribution in [0.25, 0.3) is 0 Å². The van der Waals surface area contributed by atoms with Gasteiger partial charge in [-0.05, 0) is 25.8 Å². The molecule has 0 aromatic carbocycles. The van der Waals surface area contributed by atoms with E-state index in [1.807, 2.05) is 4.90 Å². The summed E-state index contributed by atoms with van der Waals surface area (Å²) >= 11 is 0. The summed E-state index contributed by atoms with van der Waals surface area (Å²) in [7, 11) is 0. The Morgan fingerprint density at radius 3 is 2.86 bits per heavy atom. The van der Waals surface area contributed by atoms with E-state index >= 15 is 0 Å². The van der Waals surface area contributed by atoms with Gasteiger partial charge in [-0.15, -0.1) is 0 Å².